The van der Waals surface area contributed by atoms with Gasteiger partial charge in [0.2, 0.25) is 15.9 Å². The smallest absolute Gasteiger partial charge is 0.299 e. The number of primary amides is 1. The molecule has 130 valence electrons. The number of sulfonamides is 1. The molecule has 1 amide bonds. The van der Waals surface area contributed by atoms with Crippen LogP contribution in [0.15, 0.2) is 35.3 Å². The molecule has 8 heteroatoms. The number of hydrogen-bond donors (Lipinski definition) is 2. The van der Waals surface area contributed by atoms with Gasteiger partial charge in [0.1, 0.15) is 11.4 Å². The molecule has 1 aliphatic heterocycles. The monoisotopic (exact) mass is 351 g/mol. The largest absolute Gasteiger partial charge is 0.460 e. The van der Waals surface area contributed by atoms with Crippen LogP contribution < -0.4 is 10.5 Å². The van der Waals surface area contributed by atoms with Crippen LogP contribution in [0.3, 0.4) is 0 Å². The quantitative estimate of drug-likeness (QED) is 0.849. The van der Waals surface area contributed by atoms with Crippen LogP contribution >= 0.6 is 0 Å². The second-order valence-corrected chi connectivity index (χ2v) is 8.06. The summed E-state index contributed by atoms with van der Waals surface area (Å²) in [6, 6.07) is 8.51. The first-order valence-corrected chi connectivity index (χ1v) is 9.59. The first-order valence-electron chi connectivity index (χ1n) is 8.05. The molecule has 24 heavy (non-hydrogen) atoms. The molecule has 0 aromatic heterocycles. The van der Waals surface area contributed by atoms with Gasteiger partial charge in [0.15, 0.2) is 0 Å². The lowest BCUT2D eigenvalue weighted by Gasteiger charge is -2.36. The maximum absolute atomic E-state index is 12.4. The van der Waals surface area contributed by atoms with Gasteiger partial charge in [0.05, 0.1) is 12.5 Å². The van der Waals surface area contributed by atoms with Gasteiger partial charge in [-0.05, 0) is 24.8 Å². The van der Waals surface area contributed by atoms with E-state index in [1.165, 1.54) is 0 Å². The Labute approximate surface area is 141 Å². The van der Waals surface area contributed by atoms with Gasteiger partial charge in [0, 0.05) is 0 Å². The van der Waals surface area contributed by atoms with Crippen molar-refractivity contribution in [2.24, 2.45) is 10.7 Å². The van der Waals surface area contributed by atoms with Gasteiger partial charge in [-0.15, -0.1) is 0 Å². The molecular weight excluding hydrogens is 330 g/mol. The molecule has 1 aliphatic carbocycles. The Morgan fingerprint density at radius 1 is 1.29 bits per heavy atom. The highest BCUT2D eigenvalue weighted by Crippen LogP contribution is 2.30. The highest BCUT2D eigenvalue weighted by Gasteiger charge is 2.42. The molecule has 1 saturated heterocycles. The molecule has 0 bridgehead atoms. The van der Waals surface area contributed by atoms with Crippen LogP contribution in [0.1, 0.15) is 43.7 Å². The number of carbonyl (C=O) groups excluding carboxylic acids is 1. The van der Waals surface area contributed by atoms with Gasteiger partial charge >= 0.3 is 0 Å². The summed E-state index contributed by atoms with van der Waals surface area (Å²) in [5.74, 6) is -0.512. The lowest BCUT2D eigenvalue weighted by molar-refractivity contribution is -0.118. The molecule has 0 spiro atoms. The van der Waals surface area contributed by atoms with Crippen LogP contribution in [0.4, 0.5) is 0 Å². The van der Waals surface area contributed by atoms with E-state index in [1.54, 1.807) is 0 Å². The number of fused-ring (bicyclic) bond motifs is 1. The van der Waals surface area contributed by atoms with Crippen LogP contribution in [0, 0.1) is 0 Å². The third-order valence-electron chi connectivity index (χ3n) is 4.39. The van der Waals surface area contributed by atoms with Gasteiger partial charge < -0.3 is 10.5 Å². The molecule has 2 aliphatic rings. The van der Waals surface area contributed by atoms with E-state index in [4.69, 9.17) is 10.5 Å². The van der Waals surface area contributed by atoms with E-state index in [9.17, 15) is 13.2 Å². The van der Waals surface area contributed by atoms with E-state index >= 15 is 0 Å². The summed E-state index contributed by atoms with van der Waals surface area (Å²) < 4.78 is 33.0. The maximum atomic E-state index is 12.4. The minimum atomic E-state index is -3.51. The minimum Gasteiger partial charge on any atom is -0.460 e. The molecule has 7 nitrogen and oxygen atoms in total. The van der Waals surface area contributed by atoms with Gasteiger partial charge in [0.25, 0.3) is 6.02 Å². The molecule has 0 radical (unpaired) electrons. The first kappa shape index (κ1) is 16.8. The maximum Gasteiger partial charge on any atom is 0.299 e. The number of nitrogens with two attached hydrogens (primary N) is 1. The van der Waals surface area contributed by atoms with E-state index < -0.39 is 27.2 Å². The van der Waals surface area contributed by atoms with Gasteiger partial charge in [-0.3, -0.25) is 4.79 Å². The van der Waals surface area contributed by atoms with Crippen LogP contribution in [-0.4, -0.2) is 31.7 Å². The third-order valence-corrected chi connectivity index (χ3v) is 6.18. The predicted octanol–water partition coefficient (Wildman–Crippen LogP) is 1.22. The number of aliphatic imine (C=N–C) groups is 1. The summed E-state index contributed by atoms with van der Waals surface area (Å²) in [4.78, 5) is 15.7. The zero-order chi connectivity index (χ0) is 17.2. The zero-order valence-electron chi connectivity index (χ0n) is 13.2. The highest BCUT2D eigenvalue weighted by atomic mass is 32.2. The van der Waals surface area contributed by atoms with E-state index in [0.29, 0.717) is 12.8 Å². The molecule has 2 fully saturated rings. The number of ether oxygens (including phenoxy) is 1. The molecule has 3 N–H and O–H groups in total. The fraction of sp³-hybridized carbons (Fsp3) is 0.500. The SMILES string of the molecule is NC(=O)C[C@H](N=C1NS(=O)(=O)[C@@H]2CCCC[C@@H]2O1)c1ccccc1. The molecular formula is C16H21N3O4S. The molecule has 1 aromatic rings. The minimum absolute atomic E-state index is 0.0211. The van der Waals surface area contributed by atoms with Gasteiger partial charge in [-0.25, -0.2) is 18.1 Å². The number of carbonyl (C=O) groups is 1. The number of benzene rings is 1. The standard InChI is InChI=1S/C16H21N3O4S/c17-15(20)10-12(11-6-2-1-3-7-11)18-16-19-24(21,22)14-9-5-4-8-13(14)23-16/h1-3,6-7,12-14H,4-5,8-10H2,(H2,17,20)(H,18,19)/t12-,13-,14+/m0/s1. The Hall–Kier alpha value is -2.09. The normalized spacial score (nSPS) is 28.2. The van der Waals surface area contributed by atoms with Crippen molar-refractivity contribution in [3.05, 3.63) is 35.9 Å². The molecule has 3 atom stereocenters. The fourth-order valence-corrected chi connectivity index (χ4v) is 4.78. The lowest BCUT2D eigenvalue weighted by Crippen LogP contribution is -2.54. The van der Waals surface area contributed by atoms with Crippen molar-refractivity contribution in [1.82, 2.24) is 4.72 Å². The summed E-state index contributed by atoms with van der Waals surface area (Å²) in [6.07, 6.45) is 2.70. The van der Waals surface area contributed by atoms with Crippen molar-refractivity contribution < 1.29 is 17.9 Å². The Morgan fingerprint density at radius 2 is 2.00 bits per heavy atom. The molecule has 1 aromatic carbocycles. The summed E-state index contributed by atoms with van der Waals surface area (Å²) in [5.41, 5.74) is 6.08. The number of nitrogens with zero attached hydrogens (tertiary/aromatic N) is 1. The molecule has 3 rings (SSSR count). The lowest BCUT2D eigenvalue weighted by atomic mass is 9.97. The van der Waals surface area contributed by atoms with Crippen molar-refractivity contribution in [1.29, 1.82) is 0 Å². The van der Waals surface area contributed by atoms with Crippen LogP contribution in [-0.2, 0) is 19.6 Å². The average Bonchev–Trinajstić information content (AvgIpc) is 2.54. The van der Waals surface area contributed by atoms with E-state index in [-0.39, 0.29) is 18.5 Å². The molecule has 0 unspecified atom stereocenters. The highest BCUT2D eigenvalue weighted by molar-refractivity contribution is 7.90. The predicted molar refractivity (Wildman–Crippen MR) is 89.6 cm³/mol. The second kappa shape index (κ2) is 6.80. The van der Waals surface area contributed by atoms with Crippen LogP contribution in [0.5, 0.6) is 0 Å². The van der Waals surface area contributed by atoms with Crippen LogP contribution in [0.25, 0.3) is 0 Å². The topological polar surface area (TPSA) is 111 Å². The summed E-state index contributed by atoms with van der Waals surface area (Å²) in [5, 5.41) is -0.531. The molecule has 1 heterocycles. The zero-order valence-corrected chi connectivity index (χ0v) is 14.0. The van der Waals surface area contributed by atoms with Crippen molar-refractivity contribution in [2.45, 2.75) is 49.5 Å². The van der Waals surface area contributed by atoms with Crippen molar-refractivity contribution in [3.63, 3.8) is 0 Å². The number of amides is 1. The number of amidine groups is 1. The molecule has 1 saturated carbocycles. The Morgan fingerprint density at radius 3 is 2.71 bits per heavy atom. The Kier molecular flexibility index (Phi) is 4.75. The van der Waals surface area contributed by atoms with Crippen LogP contribution in [0.2, 0.25) is 0 Å². The second-order valence-electron chi connectivity index (χ2n) is 6.16. The van der Waals surface area contributed by atoms with E-state index in [2.05, 4.69) is 9.71 Å². The Balaban J connectivity index is 1.88. The Bertz CT molecular complexity index is 733. The third kappa shape index (κ3) is 3.69. The summed E-state index contributed by atoms with van der Waals surface area (Å²) >= 11 is 0. The fourth-order valence-electron chi connectivity index (χ4n) is 3.22. The number of hydrogen-bond acceptors (Lipinski definition) is 5. The summed E-state index contributed by atoms with van der Waals surface area (Å²) in [7, 11) is -3.51. The van der Waals surface area contributed by atoms with Gasteiger partial charge in [-0.1, -0.05) is 36.8 Å². The number of nitrogens with one attached hydrogen (secondary N) is 1. The van der Waals surface area contributed by atoms with Crippen molar-refractivity contribution in [2.75, 3.05) is 0 Å². The van der Waals surface area contributed by atoms with Gasteiger partial charge in [-0.2, -0.15) is 0 Å². The summed E-state index contributed by atoms with van der Waals surface area (Å²) in [6.45, 7) is 0. The van der Waals surface area contributed by atoms with Crippen molar-refractivity contribution in [3.8, 4) is 0 Å². The number of rotatable bonds is 4. The van der Waals surface area contributed by atoms with Crippen molar-refractivity contribution >= 4 is 22.0 Å². The van der Waals surface area contributed by atoms with E-state index in [1.807, 2.05) is 30.3 Å². The first-order chi connectivity index (χ1) is 11.5. The average molecular weight is 351 g/mol. The van der Waals surface area contributed by atoms with E-state index in [0.717, 1.165) is 18.4 Å².